The van der Waals surface area contributed by atoms with Crippen LogP contribution in [0.25, 0.3) is 11.1 Å². The van der Waals surface area contributed by atoms with Gasteiger partial charge in [0.1, 0.15) is 11.6 Å². The van der Waals surface area contributed by atoms with E-state index in [1.807, 2.05) is 11.0 Å². The van der Waals surface area contributed by atoms with Crippen LogP contribution in [0.1, 0.15) is 38.7 Å². The molecule has 2 atom stereocenters. The van der Waals surface area contributed by atoms with Gasteiger partial charge >= 0.3 is 6.03 Å². The van der Waals surface area contributed by atoms with E-state index in [0.29, 0.717) is 19.1 Å². The Morgan fingerprint density at radius 1 is 1.14 bits per heavy atom. The summed E-state index contributed by atoms with van der Waals surface area (Å²) < 4.78 is 5.58. The van der Waals surface area contributed by atoms with Crippen molar-refractivity contribution in [3.63, 3.8) is 0 Å². The van der Waals surface area contributed by atoms with Crippen LogP contribution in [0.2, 0.25) is 0 Å². The molecule has 194 valence electrons. The van der Waals surface area contributed by atoms with Gasteiger partial charge in [-0.3, -0.25) is 0 Å². The van der Waals surface area contributed by atoms with E-state index in [9.17, 15) is 4.79 Å². The van der Waals surface area contributed by atoms with Gasteiger partial charge in [-0.25, -0.2) is 9.78 Å². The molecule has 3 aliphatic rings. The van der Waals surface area contributed by atoms with Gasteiger partial charge in [0.05, 0.1) is 13.2 Å². The summed E-state index contributed by atoms with van der Waals surface area (Å²) in [6, 6.07) is 10.5. The molecule has 4 heterocycles. The zero-order valence-electron chi connectivity index (χ0n) is 21.9. The number of rotatable bonds is 5. The SMILES string of the molecule is CC[C@@H]1CCN(C(=O)Nc2ccc(C)c(-c3cc(N4CCOCC4)nc(N4CC[C@](C)(N)C4)c3)c2)C1. The third kappa shape index (κ3) is 5.44. The van der Waals surface area contributed by atoms with Crippen molar-refractivity contribution in [1.29, 1.82) is 0 Å². The van der Waals surface area contributed by atoms with Gasteiger partial charge in [-0.1, -0.05) is 19.4 Å². The Balaban J connectivity index is 1.45. The summed E-state index contributed by atoms with van der Waals surface area (Å²) in [5.41, 5.74) is 10.4. The fourth-order valence-electron chi connectivity index (χ4n) is 5.52. The number of nitrogens with two attached hydrogens (primary N) is 1. The van der Waals surface area contributed by atoms with Gasteiger partial charge in [-0.2, -0.15) is 0 Å². The first kappa shape index (κ1) is 24.8. The molecule has 8 heteroatoms. The lowest BCUT2D eigenvalue weighted by Gasteiger charge is -2.30. The van der Waals surface area contributed by atoms with Gasteiger partial charge < -0.3 is 30.5 Å². The third-order valence-electron chi connectivity index (χ3n) is 7.91. The Bertz CT molecular complexity index is 1100. The lowest BCUT2D eigenvalue weighted by Crippen LogP contribution is -2.39. The number of benzene rings is 1. The molecule has 1 aromatic carbocycles. The fourth-order valence-corrected chi connectivity index (χ4v) is 5.52. The summed E-state index contributed by atoms with van der Waals surface area (Å²) in [6.45, 7) is 12.9. The number of hydrogen-bond donors (Lipinski definition) is 2. The molecule has 5 rings (SSSR count). The van der Waals surface area contributed by atoms with Crippen molar-refractivity contribution < 1.29 is 9.53 Å². The number of pyridine rings is 1. The number of likely N-dealkylation sites (tertiary alicyclic amines) is 1. The number of carbonyl (C=O) groups is 1. The average molecular weight is 493 g/mol. The highest BCUT2D eigenvalue weighted by Crippen LogP contribution is 2.34. The summed E-state index contributed by atoms with van der Waals surface area (Å²) in [7, 11) is 0. The van der Waals surface area contributed by atoms with E-state index in [0.717, 1.165) is 92.5 Å². The second-order valence-corrected chi connectivity index (χ2v) is 11.0. The number of aromatic nitrogens is 1. The Kier molecular flexibility index (Phi) is 7.08. The average Bonchev–Trinajstić information content (AvgIpc) is 3.52. The molecule has 3 fully saturated rings. The summed E-state index contributed by atoms with van der Waals surface area (Å²) in [5, 5.41) is 3.14. The van der Waals surface area contributed by atoms with Gasteiger partial charge in [-0.05, 0) is 73.6 Å². The molecule has 2 amide bonds. The van der Waals surface area contributed by atoms with E-state index in [4.69, 9.17) is 15.5 Å². The molecule has 0 saturated carbocycles. The van der Waals surface area contributed by atoms with Crippen LogP contribution >= 0.6 is 0 Å². The first-order valence-electron chi connectivity index (χ1n) is 13.4. The summed E-state index contributed by atoms with van der Waals surface area (Å²) >= 11 is 0. The van der Waals surface area contributed by atoms with Crippen LogP contribution in [-0.4, -0.2) is 73.9 Å². The minimum Gasteiger partial charge on any atom is -0.378 e. The topological polar surface area (TPSA) is 87.0 Å². The zero-order valence-corrected chi connectivity index (χ0v) is 21.9. The highest BCUT2D eigenvalue weighted by Gasteiger charge is 2.31. The second kappa shape index (κ2) is 10.3. The van der Waals surface area contributed by atoms with E-state index in [2.05, 4.69) is 60.2 Å². The van der Waals surface area contributed by atoms with Crippen LogP contribution in [0.3, 0.4) is 0 Å². The molecule has 3 aliphatic heterocycles. The second-order valence-electron chi connectivity index (χ2n) is 11.0. The largest absolute Gasteiger partial charge is 0.378 e. The molecule has 0 aliphatic carbocycles. The zero-order chi connectivity index (χ0) is 25.3. The number of amides is 2. The van der Waals surface area contributed by atoms with E-state index < -0.39 is 0 Å². The maximum Gasteiger partial charge on any atom is 0.321 e. The van der Waals surface area contributed by atoms with E-state index in [-0.39, 0.29) is 11.6 Å². The normalized spacial score (nSPS) is 24.4. The van der Waals surface area contributed by atoms with Gasteiger partial charge in [0.2, 0.25) is 0 Å². The summed E-state index contributed by atoms with van der Waals surface area (Å²) in [6.07, 6.45) is 3.15. The van der Waals surface area contributed by atoms with Crippen LogP contribution in [-0.2, 0) is 4.74 Å². The van der Waals surface area contributed by atoms with Crippen molar-refractivity contribution >= 4 is 23.4 Å². The standard InChI is InChI=1S/C28H40N6O2/c1-4-21-7-9-33(18-21)27(35)30-23-6-5-20(2)24(17-23)22-15-25(32-11-13-36-14-12-32)31-26(16-22)34-10-8-28(3,29)19-34/h5-6,15-17,21H,4,7-14,18-19,29H2,1-3H3,(H,30,35)/t21-,28+/m1/s1. The molecule has 0 unspecified atom stereocenters. The van der Waals surface area contributed by atoms with Crippen molar-refractivity contribution in [1.82, 2.24) is 9.88 Å². The van der Waals surface area contributed by atoms with Gasteiger partial charge in [0, 0.05) is 50.5 Å². The molecule has 2 aromatic rings. The summed E-state index contributed by atoms with van der Waals surface area (Å²) in [5.74, 6) is 2.53. The Hall–Kier alpha value is -2.84. The quantitative estimate of drug-likeness (QED) is 0.654. The number of carbonyl (C=O) groups excluding carboxylic acids is 1. The number of urea groups is 1. The first-order chi connectivity index (χ1) is 17.3. The number of ether oxygens (including phenoxy) is 1. The lowest BCUT2D eigenvalue weighted by molar-refractivity contribution is 0.122. The van der Waals surface area contributed by atoms with Crippen molar-refractivity contribution in [2.24, 2.45) is 11.7 Å². The monoisotopic (exact) mass is 492 g/mol. The molecule has 8 nitrogen and oxygen atoms in total. The Morgan fingerprint density at radius 3 is 2.56 bits per heavy atom. The molecule has 0 spiro atoms. The van der Waals surface area contributed by atoms with E-state index >= 15 is 0 Å². The van der Waals surface area contributed by atoms with Crippen LogP contribution in [0.4, 0.5) is 22.1 Å². The third-order valence-corrected chi connectivity index (χ3v) is 7.91. The molecule has 1 aromatic heterocycles. The minimum absolute atomic E-state index is 0.00975. The van der Waals surface area contributed by atoms with Crippen molar-refractivity contribution in [2.45, 2.75) is 45.6 Å². The Morgan fingerprint density at radius 2 is 1.89 bits per heavy atom. The predicted octanol–water partition coefficient (Wildman–Crippen LogP) is 4.08. The van der Waals surface area contributed by atoms with E-state index in [1.54, 1.807) is 0 Å². The molecular formula is C28H40N6O2. The number of hydrogen-bond acceptors (Lipinski definition) is 6. The van der Waals surface area contributed by atoms with Crippen molar-refractivity contribution in [2.75, 3.05) is 67.6 Å². The van der Waals surface area contributed by atoms with E-state index in [1.165, 1.54) is 0 Å². The fraction of sp³-hybridized carbons (Fsp3) is 0.571. The number of nitrogens with one attached hydrogen (secondary N) is 1. The van der Waals surface area contributed by atoms with Gasteiger partial charge in [0.25, 0.3) is 0 Å². The van der Waals surface area contributed by atoms with Crippen LogP contribution < -0.4 is 20.9 Å². The lowest BCUT2D eigenvalue weighted by atomic mass is 10.00. The number of morpholine rings is 1. The number of anilines is 3. The number of nitrogens with zero attached hydrogens (tertiary/aromatic N) is 4. The minimum atomic E-state index is -0.205. The van der Waals surface area contributed by atoms with Crippen LogP contribution in [0.15, 0.2) is 30.3 Å². The van der Waals surface area contributed by atoms with Crippen LogP contribution in [0.5, 0.6) is 0 Å². The molecule has 36 heavy (non-hydrogen) atoms. The Labute approximate surface area is 214 Å². The molecule has 0 bridgehead atoms. The molecule has 0 radical (unpaired) electrons. The molecular weight excluding hydrogens is 452 g/mol. The molecule has 3 saturated heterocycles. The maximum atomic E-state index is 12.9. The number of aryl methyl sites for hydroxylation is 1. The first-order valence-corrected chi connectivity index (χ1v) is 13.4. The van der Waals surface area contributed by atoms with Crippen LogP contribution in [0, 0.1) is 12.8 Å². The van der Waals surface area contributed by atoms with Crippen molar-refractivity contribution in [3.05, 3.63) is 35.9 Å². The highest BCUT2D eigenvalue weighted by molar-refractivity contribution is 5.91. The summed E-state index contributed by atoms with van der Waals surface area (Å²) in [4.78, 5) is 24.5. The molecule has 3 N–H and O–H groups in total. The van der Waals surface area contributed by atoms with Gasteiger partial charge in [-0.15, -0.1) is 0 Å². The predicted molar refractivity (Wildman–Crippen MR) is 146 cm³/mol. The smallest absolute Gasteiger partial charge is 0.321 e. The highest BCUT2D eigenvalue weighted by atomic mass is 16.5. The van der Waals surface area contributed by atoms with Gasteiger partial charge in [0.15, 0.2) is 0 Å². The van der Waals surface area contributed by atoms with Crippen molar-refractivity contribution in [3.8, 4) is 11.1 Å². The maximum absolute atomic E-state index is 12.9.